The Kier molecular flexibility index (Phi) is 7.63. The van der Waals surface area contributed by atoms with Gasteiger partial charge in [-0.15, -0.1) is 0 Å². The number of esters is 1. The topological polar surface area (TPSA) is 92.8 Å². The number of amides is 1. The molecule has 1 saturated heterocycles. The van der Waals surface area contributed by atoms with Gasteiger partial charge in [-0.2, -0.15) is 4.31 Å². The number of ether oxygens (including phenoxy) is 1. The second-order valence-corrected chi connectivity index (χ2v) is 10.2. The third kappa shape index (κ3) is 6.14. The Labute approximate surface area is 187 Å². The molecular formula is C23H27FN2O5S. The Bertz CT molecular complexity index is 1040. The molecule has 7 nitrogen and oxygen atoms in total. The van der Waals surface area contributed by atoms with Gasteiger partial charge >= 0.3 is 5.97 Å². The molecule has 1 fully saturated rings. The first-order chi connectivity index (χ1) is 15.1. The lowest BCUT2D eigenvalue weighted by Crippen LogP contribution is -2.42. The van der Waals surface area contributed by atoms with Gasteiger partial charge in [-0.25, -0.2) is 17.6 Å². The molecule has 2 aromatic rings. The Balaban J connectivity index is 1.53. The number of piperidine rings is 1. The van der Waals surface area contributed by atoms with E-state index in [4.69, 9.17) is 4.74 Å². The summed E-state index contributed by atoms with van der Waals surface area (Å²) >= 11 is 0. The molecule has 1 amide bonds. The number of sulfonamides is 1. The summed E-state index contributed by atoms with van der Waals surface area (Å²) < 4.78 is 45.2. The highest BCUT2D eigenvalue weighted by Gasteiger charge is 2.31. The van der Waals surface area contributed by atoms with E-state index in [2.05, 4.69) is 5.32 Å². The minimum absolute atomic E-state index is 0.118. The second kappa shape index (κ2) is 10.2. The molecule has 0 spiro atoms. The molecule has 1 heterocycles. The van der Waals surface area contributed by atoms with E-state index in [0.717, 1.165) is 6.42 Å². The number of benzene rings is 2. The Morgan fingerprint density at radius 3 is 2.22 bits per heavy atom. The minimum Gasteiger partial charge on any atom is -0.452 e. The molecule has 0 aliphatic carbocycles. The second-order valence-electron chi connectivity index (χ2n) is 8.27. The van der Waals surface area contributed by atoms with Crippen LogP contribution in [0.15, 0.2) is 53.4 Å². The van der Waals surface area contributed by atoms with Gasteiger partial charge in [0, 0.05) is 19.6 Å². The highest BCUT2D eigenvalue weighted by Crippen LogP contribution is 2.26. The molecule has 2 unspecified atom stereocenters. The van der Waals surface area contributed by atoms with E-state index in [1.165, 1.54) is 40.7 Å². The van der Waals surface area contributed by atoms with Gasteiger partial charge in [0.05, 0.1) is 10.5 Å². The molecule has 32 heavy (non-hydrogen) atoms. The predicted molar refractivity (Wildman–Crippen MR) is 117 cm³/mol. The molecule has 1 aliphatic heterocycles. The maximum atomic E-state index is 12.9. The SMILES string of the molecule is CC1CC(C)CN(S(=O)(=O)c2ccc(C(=O)OCC(=O)NCc3ccc(F)cc3)cc2)C1. The predicted octanol–water partition coefficient (Wildman–Crippen LogP) is 2.97. The van der Waals surface area contributed by atoms with Gasteiger partial charge in [-0.1, -0.05) is 26.0 Å². The molecule has 1 aliphatic rings. The number of hydrogen-bond acceptors (Lipinski definition) is 5. The summed E-state index contributed by atoms with van der Waals surface area (Å²) in [5.41, 5.74) is 0.857. The van der Waals surface area contributed by atoms with Crippen LogP contribution in [-0.2, 0) is 26.1 Å². The normalized spacial score (nSPS) is 19.3. The van der Waals surface area contributed by atoms with Gasteiger partial charge in [0.15, 0.2) is 6.61 Å². The first-order valence-electron chi connectivity index (χ1n) is 10.4. The molecule has 0 aromatic heterocycles. The number of halogens is 1. The summed E-state index contributed by atoms with van der Waals surface area (Å²) in [6, 6.07) is 11.2. The van der Waals surface area contributed by atoms with E-state index in [1.807, 2.05) is 13.8 Å². The zero-order valence-corrected chi connectivity index (χ0v) is 18.9. The maximum Gasteiger partial charge on any atom is 0.338 e. The van der Waals surface area contributed by atoms with E-state index >= 15 is 0 Å². The van der Waals surface area contributed by atoms with Gasteiger partial charge < -0.3 is 10.1 Å². The van der Waals surface area contributed by atoms with Crippen LogP contribution in [0.1, 0.15) is 36.2 Å². The number of carbonyl (C=O) groups excluding carboxylic acids is 2. The van der Waals surface area contributed by atoms with Crippen molar-refractivity contribution < 1.29 is 27.1 Å². The van der Waals surface area contributed by atoms with Crippen LogP contribution >= 0.6 is 0 Å². The van der Waals surface area contributed by atoms with Gasteiger partial charge in [0.1, 0.15) is 5.82 Å². The van der Waals surface area contributed by atoms with Crippen LogP contribution in [-0.4, -0.2) is 44.3 Å². The van der Waals surface area contributed by atoms with Crippen molar-refractivity contribution in [2.75, 3.05) is 19.7 Å². The number of carbonyl (C=O) groups is 2. The number of rotatable bonds is 7. The van der Waals surface area contributed by atoms with E-state index < -0.39 is 28.5 Å². The lowest BCUT2D eigenvalue weighted by molar-refractivity contribution is -0.124. The Hall–Kier alpha value is -2.78. The van der Waals surface area contributed by atoms with Gasteiger partial charge in [-0.05, 0) is 60.2 Å². The summed E-state index contributed by atoms with van der Waals surface area (Å²) in [6.07, 6.45) is 0.994. The molecular weight excluding hydrogens is 435 g/mol. The van der Waals surface area contributed by atoms with Crippen molar-refractivity contribution in [1.82, 2.24) is 9.62 Å². The van der Waals surface area contributed by atoms with Crippen molar-refractivity contribution in [3.05, 3.63) is 65.5 Å². The molecule has 0 radical (unpaired) electrons. The number of nitrogens with one attached hydrogen (secondary N) is 1. The molecule has 2 atom stereocenters. The number of hydrogen-bond donors (Lipinski definition) is 1. The quantitative estimate of drug-likeness (QED) is 0.639. The van der Waals surface area contributed by atoms with Crippen molar-refractivity contribution in [3.63, 3.8) is 0 Å². The van der Waals surface area contributed by atoms with Crippen molar-refractivity contribution in [2.24, 2.45) is 11.8 Å². The molecule has 9 heteroatoms. The minimum atomic E-state index is -3.64. The van der Waals surface area contributed by atoms with E-state index in [0.29, 0.717) is 18.7 Å². The van der Waals surface area contributed by atoms with Crippen molar-refractivity contribution in [2.45, 2.75) is 31.7 Å². The standard InChI is InChI=1S/C23H27FN2O5S/c1-16-11-17(2)14-26(13-16)32(29,30)21-9-5-19(6-10-21)23(28)31-15-22(27)25-12-18-3-7-20(24)8-4-18/h3-10,16-17H,11-15H2,1-2H3,(H,25,27). The van der Waals surface area contributed by atoms with Gasteiger partial charge in [0.2, 0.25) is 10.0 Å². The fraction of sp³-hybridized carbons (Fsp3) is 0.391. The van der Waals surface area contributed by atoms with Crippen LogP contribution in [0, 0.1) is 17.7 Å². The third-order valence-corrected chi connectivity index (χ3v) is 7.15. The third-order valence-electron chi connectivity index (χ3n) is 5.30. The van der Waals surface area contributed by atoms with E-state index in [9.17, 15) is 22.4 Å². The van der Waals surface area contributed by atoms with Crippen LogP contribution in [0.5, 0.6) is 0 Å². The molecule has 2 aromatic carbocycles. The summed E-state index contributed by atoms with van der Waals surface area (Å²) in [5.74, 6) is -1.02. The van der Waals surface area contributed by atoms with Crippen LogP contribution in [0.25, 0.3) is 0 Å². The smallest absolute Gasteiger partial charge is 0.338 e. The van der Waals surface area contributed by atoms with Crippen LogP contribution in [0.4, 0.5) is 4.39 Å². The Morgan fingerprint density at radius 1 is 1.03 bits per heavy atom. The lowest BCUT2D eigenvalue weighted by atomic mass is 9.94. The monoisotopic (exact) mass is 462 g/mol. The first kappa shape index (κ1) is 23.9. The van der Waals surface area contributed by atoms with Crippen molar-refractivity contribution in [1.29, 1.82) is 0 Å². The molecule has 172 valence electrons. The molecule has 3 rings (SSSR count). The number of nitrogens with zero attached hydrogens (tertiary/aromatic N) is 1. The van der Waals surface area contributed by atoms with Crippen molar-refractivity contribution in [3.8, 4) is 0 Å². The fourth-order valence-corrected chi connectivity index (χ4v) is 5.46. The average molecular weight is 463 g/mol. The van der Waals surface area contributed by atoms with Crippen LogP contribution in [0.2, 0.25) is 0 Å². The Morgan fingerprint density at radius 2 is 1.62 bits per heavy atom. The lowest BCUT2D eigenvalue weighted by Gasteiger charge is -2.34. The average Bonchev–Trinajstić information content (AvgIpc) is 2.76. The summed E-state index contributed by atoms with van der Waals surface area (Å²) in [7, 11) is -3.64. The van der Waals surface area contributed by atoms with Crippen molar-refractivity contribution >= 4 is 21.9 Å². The highest BCUT2D eigenvalue weighted by atomic mass is 32.2. The zero-order valence-electron chi connectivity index (χ0n) is 18.1. The largest absolute Gasteiger partial charge is 0.452 e. The van der Waals surface area contributed by atoms with Crippen LogP contribution < -0.4 is 5.32 Å². The summed E-state index contributed by atoms with van der Waals surface area (Å²) in [4.78, 5) is 24.2. The van der Waals surface area contributed by atoms with E-state index in [-0.39, 0.29) is 34.7 Å². The first-order valence-corrected chi connectivity index (χ1v) is 11.9. The molecule has 1 N–H and O–H groups in total. The van der Waals surface area contributed by atoms with E-state index in [1.54, 1.807) is 12.1 Å². The highest BCUT2D eigenvalue weighted by molar-refractivity contribution is 7.89. The zero-order chi connectivity index (χ0) is 23.3. The molecule has 0 bridgehead atoms. The summed E-state index contributed by atoms with van der Waals surface area (Å²) in [6.45, 7) is 4.72. The van der Waals surface area contributed by atoms with Gasteiger partial charge in [0.25, 0.3) is 5.91 Å². The maximum absolute atomic E-state index is 12.9. The fourth-order valence-electron chi connectivity index (χ4n) is 3.78. The molecule has 0 saturated carbocycles. The summed E-state index contributed by atoms with van der Waals surface area (Å²) in [5, 5.41) is 2.57. The van der Waals surface area contributed by atoms with Gasteiger partial charge in [-0.3, -0.25) is 4.79 Å². The van der Waals surface area contributed by atoms with Crippen LogP contribution in [0.3, 0.4) is 0 Å².